The van der Waals surface area contributed by atoms with Crippen molar-refractivity contribution >= 4 is 11.8 Å². The Morgan fingerprint density at radius 2 is 1.74 bits per heavy atom. The van der Waals surface area contributed by atoms with Crippen molar-refractivity contribution < 1.29 is 14.5 Å². The Morgan fingerprint density at radius 1 is 1.00 bits per heavy atom. The number of amides is 1. The quantitative estimate of drug-likeness (QED) is 0.613. The highest BCUT2D eigenvalue weighted by atomic mass is 16.6. The van der Waals surface area contributed by atoms with Gasteiger partial charge in [-0.3, -0.25) is 10.1 Å². The van der Waals surface area contributed by atoms with Crippen LogP contribution in [0.15, 0.2) is 48.5 Å². The van der Waals surface area contributed by atoms with E-state index in [1.165, 1.54) is 12.1 Å². The number of fused-ring (bicyclic) bond motifs is 4. The molecule has 3 aliphatic heterocycles. The van der Waals surface area contributed by atoms with Crippen molar-refractivity contribution in [2.45, 2.75) is 18.9 Å². The Labute approximate surface area is 157 Å². The lowest BCUT2D eigenvalue weighted by Crippen LogP contribution is -2.43. The third-order valence-electron chi connectivity index (χ3n) is 5.34. The third-order valence-corrected chi connectivity index (χ3v) is 5.34. The van der Waals surface area contributed by atoms with Crippen molar-refractivity contribution in [2.24, 2.45) is 0 Å². The normalized spacial score (nSPS) is 21.6. The Morgan fingerprint density at radius 3 is 2.44 bits per heavy atom. The number of ether oxygens (including phenoxy) is 1. The molecule has 0 aliphatic carbocycles. The molecule has 0 spiro atoms. The summed E-state index contributed by atoms with van der Waals surface area (Å²) in [5.41, 5.74) is 1.63. The molecule has 2 bridgehead atoms. The predicted octanol–water partition coefficient (Wildman–Crippen LogP) is 3.54. The molecular weight excluding hydrogens is 346 g/mol. The maximum Gasteiger partial charge on any atom is 0.415 e. The fourth-order valence-corrected chi connectivity index (χ4v) is 3.80. The third kappa shape index (κ3) is 3.78. The SMILES string of the molecule is O=C(Oc1ccc(-c2cccc([N+](=O)[O-])c2)cc1)N1CCN2CCC1CC2. The molecule has 0 aromatic heterocycles. The summed E-state index contributed by atoms with van der Waals surface area (Å²) in [6, 6.07) is 13.8. The number of nitro groups is 1. The Balaban J connectivity index is 1.45. The molecule has 27 heavy (non-hydrogen) atoms. The standard InChI is InChI=1S/C20H21N3O4/c24-20(22-13-12-21-10-8-17(22)9-11-21)27-19-6-4-15(5-7-19)16-2-1-3-18(14-16)23(25)26/h1-7,14,17H,8-13H2. The maximum atomic E-state index is 12.6. The van der Waals surface area contributed by atoms with Gasteiger partial charge in [-0.05, 0) is 36.1 Å². The first kappa shape index (κ1) is 17.5. The molecule has 2 aromatic carbocycles. The summed E-state index contributed by atoms with van der Waals surface area (Å²) in [7, 11) is 0. The maximum absolute atomic E-state index is 12.6. The van der Waals surface area contributed by atoms with E-state index in [1.807, 2.05) is 11.0 Å². The lowest BCUT2D eigenvalue weighted by molar-refractivity contribution is -0.384. The Kier molecular flexibility index (Phi) is 4.77. The van der Waals surface area contributed by atoms with Crippen LogP contribution in [0.4, 0.5) is 10.5 Å². The van der Waals surface area contributed by atoms with Crippen molar-refractivity contribution in [1.29, 1.82) is 0 Å². The number of hydrogen-bond donors (Lipinski definition) is 0. The second-order valence-corrected chi connectivity index (χ2v) is 6.97. The van der Waals surface area contributed by atoms with Crippen LogP contribution in [0.2, 0.25) is 0 Å². The summed E-state index contributed by atoms with van der Waals surface area (Å²) < 4.78 is 5.57. The van der Waals surface area contributed by atoms with E-state index in [0.717, 1.165) is 43.6 Å². The van der Waals surface area contributed by atoms with E-state index in [4.69, 9.17) is 4.74 Å². The number of nitro benzene ring substituents is 1. The van der Waals surface area contributed by atoms with Crippen LogP contribution in [-0.2, 0) is 0 Å². The van der Waals surface area contributed by atoms with Crippen LogP contribution in [-0.4, -0.2) is 53.0 Å². The number of nitrogens with zero attached hydrogens (tertiary/aromatic N) is 3. The largest absolute Gasteiger partial charge is 0.415 e. The second-order valence-electron chi connectivity index (χ2n) is 6.97. The van der Waals surface area contributed by atoms with E-state index in [2.05, 4.69) is 4.90 Å². The lowest BCUT2D eigenvalue weighted by Gasteiger charge is -2.30. The smallest absolute Gasteiger partial charge is 0.410 e. The van der Waals surface area contributed by atoms with Gasteiger partial charge in [0.25, 0.3) is 5.69 Å². The molecule has 5 rings (SSSR count). The van der Waals surface area contributed by atoms with Crippen LogP contribution in [0.25, 0.3) is 11.1 Å². The van der Waals surface area contributed by atoms with Crippen molar-refractivity contribution in [3.8, 4) is 16.9 Å². The predicted molar refractivity (Wildman–Crippen MR) is 101 cm³/mol. The van der Waals surface area contributed by atoms with Gasteiger partial charge in [-0.1, -0.05) is 24.3 Å². The van der Waals surface area contributed by atoms with E-state index in [-0.39, 0.29) is 17.8 Å². The summed E-state index contributed by atoms with van der Waals surface area (Å²) >= 11 is 0. The number of piperidine rings is 1. The van der Waals surface area contributed by atoms with Gasteiger partial charge in [0.05, 0.1) is 4.92 Å². The molecule has 3 heterocycles. The minimum Gasteiger partial charge on any atom is -0.410 e. The molecule has 0 unspecified atom stereocenters. The number of benzene rings is 2. The summed E-state index contributed by atoms with van der Waals surface area (Å²) in [4.78, 5) is 27.3. The Hall–Kier alpha value is -2.93. The van der Waals surface area contributed by atoms with E-state index in [0.29, 0.717) is 12.3 Å². The molecule has 140 valence electrons. The number of non-ortho nitro benzene ring substituents is 1. The number of hydrogen-bond acceptors (Lipinski definition) is 5. The van der Waals surface area contributed by atoms with E-state index in [9.17, 15) is 14.9 Å². The first-order chi connectivity index (χ1) is 13.1. The van der Waals surface area contributed by atoms with Gasteiger partial charge in [0.2, 0.25) is 0 Å². The van der Waals surface area contributed by atoms with Crippen molar-refractivity contribution in [3.05, 3.63) is 58.6 Å². The zero-order valence-electron chi connectivity index (χ0n) is 14.9. The van der Waals surface area contributed by atoms with Crippen LogP contribution in [0.1, 0.15) is 12.8 Å². The fraction of sp³-hybridized carbons (Fsp3) is 0.350. The monoisotopic (exact) mass is 367 g/mol. The zero-order chi connectivity index (χ0) is 18.8. The van der Waals surface area contributed by atoms with Gasteiger partial charge in [-0.15, -0.1) is 0 Å². The van der Waals surface area contributed by atoms with Gasteiger partial charge in [0.15, 0.2) is 0 Å². The molecular formula is C20H21N3O4. The number of carbonyl (C=O) groups excluding carboxylic acids is 1. The first-order valence-corrected chi connectivity index (χ1v) is 9.16. The zero-order valence-corrected chi connectivity index (χ0v) is 14.9. The van der Waals surface area contributed by atoms with Crippen LogP contribution in [0.3, 0.4) is 0 Å². The van der Waals surface area contributed by atoms with Crippen LogP contribution in [0.5, 0.6) is 5.75 Å². The average Bonchev–Trinajstić information content (AvgIpc) is 3.02. The molecule has 7 heteroatoms. The van der Waals surface area contributed by atoms with Crippen LogP contribution in [0, 0.1) is 10.1 Å². The second kappa shape index (κ2) is 7.36. The number of rotatable bonds is 3. The summed E-state index contributed by atoms with van der Waals surface area (Å²) in [5.74, 6) is 0.480. The molecule has 3 aliphatic rings. The van der Waals surface area contributed by atoms with Gasteiger partial charge in [-0.25, -0.2) is 4.79 Å². The molecule has 2 aromatic rings. The molecule has 3 fully saturated rings. The minimum absolute atomic E-state index is 0.0507. The van der Waals surface area contributed by atoms with Crippen LogP contribution < -0.4 is 4.74 Å². The van der Waals surface area contributed by atoms with Gasteiger partial charge < -0.3 is 14.5 Å². The molecule has 3 saturated heterocycles. The van der Waals surface area contributed by atoms with Gasteiger partial charge in [0.1, 0.15) is 5.75 Å². The molecule has 7 nitrogen and oxygen atoms in total. The highest BCUT2D eigenvalue weighted by molar-refractivity contribution is 5.72. The first-order valence-electron chi connectivity index (χ1n) is 9.16. The molecule has 0 radical (unpaired) electrons. The summed E-state index contributed by atoms with van der Waals surface area (Å²) in [6.07, 6.45) is 1.70. The fourth-order valence-electron chi connectivity index (χ4n) is 3.80. The average molecular weight is 367 g/mol. The van der Waals surface area contributed by atoms with E-state index < -0.39 is 4.92 Å². The van der Waals surface area contributed by atoms with E-state index in [1.54, 1.807) is 30.3 Å². The minimum atomic E-state index is -0.412. The summed E-state index contributed by atoms with van der Waals surface area (Å²) in [6.45, 7) is 3.70. The van der Waals surface area contributed by atoms with Crippen LogP contribution >= 0.6 is 0 Å². The summed E-state index contributed by atoms with van der Waals surface area (Å²) in [5, 5.41) is 10.9. The molecule has 0 atom stereocenters. The Bertz CT molecular complexity index is 845. The van der Waals surface area contributed by atoms with Crippen molar-refractivity contribution in [1.82, 2.24) is 9.80 Å². The molecule has 0 saturated carbocycles. The van der Waals surface area contributed by atoms with Crippen molar-refractivity contribution in [3.63, 3.8) is 0 Å². The molecule has 0 N–H and O–H groups in total. The highest BCUT2D eigenvalue weighted by Gasteiger charge is 2.32. The number of carbonyl (C=O) groups is 1. The van der Waals surface area contributed by atoms with Crippen molar-refractivity contribution in [2.75, 3.05) is 26.2 Å². The van der Waals surface area contributed by atoms with Gasteiger partial charge in [0, 0.05) is 44.4 Å². The lowest BCUT2D eigenvalue weighted by atomic mass is 10.1. The molecule has 1 amide bonds. The highest BCUT2D eigenvalue weighted by Crippen LogP contribution is 2.27. The van der Waals surface area contributed by atoms with Gasteiger partial charge >= 0.3 is 6.09 Å². The van der Waals surface area contributed by atoms with E-state index >= 15 is 0 Å². The topological polar surface area (TPSA) is 75.9 Å². The van der Waals surface area contributed by atoms with Gasteiger partial charge in [-0.2, -0.15) is 0 Å².